The molecule has 8 nitrogen and oxygen atoms in total. The number of carbonyl (C=O) groups excluding carboxylic acids is 1. The van der Waals surface area contributed by atoms with Gasteiger partial charge < -0.3 is 9.84 Å². The molecule has 31 heavy (non-hydrogen) atoms. The van der Waals surface area contributed by atoms with Gasteiger partial charge in [-0.3, -0.25) is 14.2 Å². The fourth-order valence-electron chi connectivity index (χ4n) is 2.96. The maximum absolute atomic E-state index is 12.8. The number of ether oxygens (including phenoxy) is 1. The zero-order chi connectivity index (χ0) is 21.8. The second-order valence-corrected chi connectivity index (χ2v) is 7.63. The van der Waals surface area contributed by atoms with Crippen molar-refractivity contribution >= 4 is 33.7 Å². The SMILES string of the molecule is COc1cc(C=NNC(=O)Cn2cnc3sc(-c4ccccc4)cc3c2=O)ccc1O. The van der Waals surface area contributed by atoms with E-state index in [-0.39, 0.29) is 17.9 Å². The fraction of sp³-hybridized carbons (Fsp3) is 0.0909. The molecule has 4 rings (SSSR count). The van der Waals surface area contributed by atoms with Crippen LogP contribution in [-0.2, 0) is 11.3 Å². The number of hydrogen-bond acceptors (Lipinski definition) is 7. The van der Waals surface area contributed by atoms with Gasteiger partial charge in [-0.05, 0) is 35.4 Å². The van der Waals surface area contributed by atoms with Gasteiger partial charge in [-0.2, -0.15) is 5.10 Å². The van der Waals surface area contributed by atoms with Crippen LogP contribution < -0.4 is 15.7 Å². The van der Waals surface area contributed by atoms with Gasteiger partial charge in [-0.15, -0.1) is 11.3 Å². The van der Waals surface area contributed by atoms with Crippen molar-refractivity contribution in [2.45, 2.75) is 6.54 Å². The lowest BCUT2D eigenvalue weighted by Gasteiger charge is -2.04. The fourth-order valence-corrected chi connectivity index (χ4v) is 3.96. The number of phenolic OH excluding ortho intramolecular Hbond substituents is 1. The molecule has 0 atom stereocenters. The number of hydrazone groups is 1. The summed E-state index contributed by atoms with van der Waals surface area (Å²) in [7, 11) is 1.44. The average Bonchev–Trinajstić information content (AvgIpc) is 3.23. The number of nitrogens with one attached hydrogen (secondary N) is 1. The minimum absolute atomic E-state index is 0.00908. The predicted octanol–water partition coefficient (Wildman–Crippen LogP) is 2.99. The maximum atomic E-state index is 12.8. The number of methoxy groups -OCH3 is 1. The molecule has 1 amide bonds. The summed E-state index contributed by atoms with van der Waals surface area (Å²) in [6, 6.07) is 16.2. The van der Waals surface area contributed by atoms with Crippen molar-refractivity contribution in [2.75, 3.05) is 7.11 Å². The normalized spacial score (nSPS) is 11.1. The highest BCUT2D eigenvalue weighted by atomic mass is 32.1. The third kappa shape index (κ3) is 4.46. The minimum atomic E-state index is -0.469. The van der Waals surface area contributed by atoms with Gasteiger partial charge in [0.2, 0.25) is 0 Å². The number of fused-ring (bicyclic) bond motifs is 1. The maximum Gasteiger partial charge on any atom is 0.262 e. The molecular weight excluding hydrogens is 416 g/mol. The lowest BCUT2D eigenvalue weighted by atomic mass is 10.2. The van der Waals surface area contributed by atoms with Crippen LogP contribution in [0.1, 0.15) is 5.56 Å². The molecule has 0 saturated heterocycles. The largest absolute Gasteiger partial charge is 0.504 e. The number of aromatic hydroxyl groups is 1. The van der Waals surface area contributed by atoms with E-state index in [1.54, 1.807) is 18.2 Å². The van der Waals surface area contributed by atoms with E-state index >= 15 is 0 Å². The standard InChI is InChI=1S/C22H18N4O4S/c1-30-18-9-14(7-8-17(18)27)11-24-25-20(28)12-26-13-23-21-16(22(26)29)10-19(31-21)15-5-3-2-4-6-15/h2-11,13,27H,12H2,1H3,(H,25,28). The average molecular weight is 434 g/mol. The number of amides is 1. The van der Waals surface area contributed by atoms with Gasteiger partial charge in [0.1, 0.15) is 11.4 Å². The van der Waals surface area contributed by atoms with Crippen molar-refractivity contribution in [3.8, 4) is 21.9 Å². The summed E-state index contributed by atoms with van der Waals surface area (Å²) in [5, 5.41) is 14.0. The molecule has 0 aliphatic rings. The van der Waals surface area contributed by atoms with Crippen LogP contribution in [0.15, 0.2) is 70.8 Å². The molecule has 4 aromatic rings. The number of rotatable bonds is 6. The zero-order valence-corrected chi connectivity index (χ0v) is 17.3. The summed E-state index contributed by atoms with van der Waals surface area (Å²) < 4.78 is 6.28. The second-order valence-electron chi connectivity index (χ2n) is 6.60. The smallest absolute Gasteiger partial charge is 0.262 e. The van der Waals surface area contributed by atoms with E-state index in [1.165, 1.54) is 41.6 Å². The Morgan fingerprint density at radius 1 is 1.26 bits per heavy atom. The molecule has 2 N–H and O–H groups in total. The number of carbonyl (C=O) groups is 1. The quantitative estimate of drug-likeness (QED) is 0.359. The van der Waals surface area contributed by atoms with E-state index in [1.807, 2.05) is 30.3 Å². The Morgan fingerprint density at radius 2 is 2.06 bits per heavy atom. The molecule has 0 bridgehead atoms. The summed E-state index contributed by atoms with van der Waals surface area (Å²) >= 11 is 1.43. The lowest BCUT2D eigenvalue weighted by Crippen LogP contribution is -2.29. The molecule has 0 aliphatic heterocycles. The van der Waals surface area contributed by atoms with Crippen molar-refractivity contribution in [2.24, 2.45) is 5.10 Å². The van der Waals surface area contributed by atoms with Crippen LogP contribution in [0.2, 0.25) is 0 Å². The number of thiophene rings is 1. The molecule has 0 radical (unpaired) electrons. The second kappa shape index (κ2) is 8.80. The molecule has 0 spiro atoms. The molecule has 2 heterocycles. The Hall–Kier alpha value is -3.98. The number of hydrogen-bond donors (Lipinski definition) is 2. The lowest BCUT2D eigenvalue weighted by molar-refractivity contribution is -0.121. The van der Waals surface area contributed by atoms with Gasteiger partial charge in [-0.25, -0.2) is 10.4 Å². The van der Waals surface area contributed by atoms with Crippen LogP contribution in [0.3, 0.4) is 0 Å². The van der Waals surface area contributed by atoms with Crippen molar-refractivity contribution in [1.29, 1.82) is 0 Å². The Bertz CT molecular complexity index is 1330. The van der Waals surface area contributed by atoms with Crippen LogP contribution in [0.25, 0.3) is 20.7 Å². The summed E-state index contributed by atoms with van der Waals surface area (Å²) in [6.07, 6.45) is 2.78. The summed E-state index contributed by atoms with van der Waals surface area (Å²) in [6.45, 7) is -0.214. The third-order valence-electron chi connectivity index (χ3n) is 4.50. The third-order valence-corrected chi connectivity index (χ3v) is 5.59. The molecular formula is C22H18N4O4S. The van der Waals surface area contributed by atoms with Gasteiger partial charge in [0.25, 0.3) is 11.5 Å². The first-order valence-electron chi connectivity index (χ1n) is 9.28. The monoisotopic (exact) mass is 434 g/mol. The van der Waals surface area contributed by atoms with Crippen LogP contribution in [0, 0.1) is 0 Å². The molecule has 156 valence electrons. The van der Waals surface area contributed by atoms with E-state index in [0.29, 0.717) is 21.5 Å². The van der Waals surface area contributed by atoms with Gasteiger partial charge in [0.05, 0.1) is 25.0 Å². The van der Waals surface area contributed by atoms with Gasteiger partial charge in [0, 0.05) is 4.88 Å². The molecule has 2 aromatic carbocycles. The first-order valence-corrected chi connectivity index (χ1v) is 10.1. The highest BCUT2D eigenvalue weighted by molar-refractivity contribution is 7.21. The molecule has 0 aliphatic carbocycles. The highest BCUT2D eigenvalue weighted by Gasteiger charge is 2.12. The Labute approximate surface area is 181 Å². The molecule has 2 aromatic heterocycles. The number of nitrogens with zero attached hydrogens (tertiary/aromatic N) is 3. The van der Waals surface area contributed by atoms with Gasteiger partial charge in [-0.1, -0.05) is 30.3 Å². The van der Waals surface area contributed by atoms with Crippen molar-refractivity contribution in [3.05, 3.63) is 76.8 Å². The summed E-state index contributed by atoms with van der Waals surface area (Å²) in [5.74, 6) is -0.162. The summed E-state index contributed by atoms with van der Waals surface area (Å²) in [5.41, 5.74) is 3.73. The van der Waals surface area contributed by atoms with Gasteiger partial charge >= 0.3 is 0 Å². The van der Waals surface area contributed by atoms with E-state index < -0.39 is 5.91 Å². The predicted molar refractivity (Wildman–Crippen MR) is 120 cm³/mol. The first kappa shape index (κ1) is 20.3. The Balaban J connectivity index is 1.47. The van der Waals surface area contributed by atoms with Gasteiger partial charge in [0.15, 0.2) is 11.5 Å². The molecule has 9 heteroatoms. The van der Waals surface area contributed by atoms with Crippen LogP contribution in [0.5, 0.6) is 11.5 Å². The Kier molecular flexibility index (Phi) is 5.76. The van der Waals surface area contributed by atoms with E-state index in [2.05, 4.69) is 15.5 Å². The van der Waals surface area contributed by atoms with E-state index in [9.17, 15) is 14.7 Å². The van der Waals surface area contributed by atoms with Crippen LogP contribution in [-0.4, -0.2) is 33.9 Å². The van der Waals surface area contributed by atoms with E-state index in [4.69, 9.17) is 4.74 Å². The topological polar surface area (TPSA) is 106 Å². The minimum Gasteiger partial charge on any atom is -0.504 e. The highest BCUT2D eigenvalue weighted by Crippen LogP contribution is 2.30. The number of aromatic nitrogens is 2. The van der Waals surface area contributed by atoms with Crippen molar-refractivity contribution < 1.29 is 14.6 Å². The van der Waals surface area contributed by atoms with Crippen LogP contribution in [0.4, 0.5) is 0 Å². The molecule has 0 fully saturated rings. The van der Waals surface area contributed by atoms with E-state index in [0.717, 1.165) is 10.4 Å². The first-order chi connectivity index (χ1) is 15.0. The molecule has 0 saturated carbocycles. The number of phenols is 1. The zero-order valence-electron chi connectivity index (χ0n) is 16.5. The molecule has 0 unspecified atom stereocenters. The van der Waals surface area contributed by atoms with Crippen molar-refractivity contribution in [1.82, 2.24) is 15.0 Å². The van der Waals surface area contributed by atoms with Crippen molar-refractivity contribution in [3.63, 3.8) is 0 Å². The number of benzene rings is 2. The Morgan fingerprint density at radius 3 is 2.84 bits per heavy atom. The van der Waals surface area contributed by atoms with Crippen LogP contribution >= 0.6 is 11.3 Å². The summed E-state index contributed by atoms with van der Waals surface area (Å²) in [4.78, 5) is 30.9.